The summed E-state index contributed by atoms with van der Waals surface area (Å²) >= 11 is 0. The average molecular weight is 396 g/mol. The van der Waals surface area contributed by atoms with Crippen LogP contribution in [-0.4, -0.2) is 49.1 Å². The normalized spacial score (nSPS) is 24.9. The standard InChI is InChI=1S/C18H23F3N6O/c1-2-12-9-15(18(19,20)21)27-16(23-12)10-13(24-27)14-5-3-8-26(14)17(28)11-25-7-4-6-22-25/h4,6-7,10,12,14-15,23H,2-3,5,8-9,11H2,1H3/t12-,14+,15-/m1/s1. The van der Waals surface area contributed by atoms with Gasteiger partial charge in [-0.3, -0.25) is 9.48 Å². The van der Waals surface area contributed by atoms with Crippen molar-refractivity contribution in [2.45, 2.75) is 63.5 Å². The molecule has 0 aromatic carbocycles. The van der Waals surface area contributed by atoms with Gasteiger partial charge in [-0.1, -0.05) is 6.92 Å². The Labute approximate surface area is 160 Å². The van der Waals surface area contributed by atoms with E-state index in [2.05, 4.69) is 15.5 Å². The van der Waals surface area contributed by atoms with E-state index in [4.69, 9.17) is 0 Å². The van der Waals surface area contributed by atoms with E-state index in [0.717, 1.165) is 11.1 Å². The molecule has 7 nitrogen and oxygen atoms in total. The van der Waals surface area contributed by atoms with E-state index in [9.17, 15) is 18.0 Å². The maximum absolute atomic E-state index is 13.6. The van der Waals surface area contributed by atoms with Crippen molar-refractivity contribution in [1.82, 2.24) is 24.5 Å². The molecule has 1 N–H and O–H groups in total. The second kappa shape index (κ2) is 7.14. The van der Waals surface area contributed by atoms with Gasteiger partial charge in [0.25, 0.3) is 0 Å². The van der Waals surface area contributed by atoms with Crippen molar-refractivity contribution in [3.63, 3.8) is 0 Å². The number of carbonyl (C=O) groups is 1. The van der Waals surface area contributed by atoms with Crippen molar-refractivity contribution >= 4 is 11.7 Å². The van der Waals surface area contributed by atoms with Crippen LogP contribution in [0.2, 0.25) is 0 Å². The van der Waals surface area contributed by atoms with Crippen LogP contribution < -0.4 is 5.32 Å². The minimum Gasteiger partial charge on any atom is -0.367 e. The van der Waals surface area contributed by atoms with Crippen LogP contribution in [-0.2, 0) is 11.3 Å². The number of anilines is 1. The molecule has 152 valence electrons. The number of hydrogen-bond donors (Lipinski definition) is 1. The summed E-state index contributed by atoms with van der Waals surface area (Å²) in [5.74, 6) is 0.269. The Morgan fingerprint density at radius 2 is 2.21 bits per heavy atom. The molecule has 4 rings (SSSR count). The SMILES string of the molecule is CC[C@@H]1C[C@H](C(F)(F)F)n2nc([C@@H]3CCCN3C(=O)Cn3cccn3)cc2N1. The first kappa shape index (κ1) is 18.8. The third-order valence-corrected chi connectivity index (χ3v) is 5.55. The lowest BCUT2D eigenvalue weighted by Crippen LogP contribution is -2.39. The molecule has 1 saturated heterocycles. The van der Waals surface area contributed by atoms with Crippen molar-refractivity contribution in [2.75, 3.05) is 11.9 Å². The van der Waals surface area contributed by atoms with Crippen molar-refractivity contribution in [2.24, 2.45) is 0 Å². The fraction of sp³-hybridized carbons (Fsp3) is 0.611. The molecular weight excluding hydrogens is 373 g/mol. The molecule has 3 atom stereocenters. The van der Waals surface area contributed by atoms with E-state index in [-0.39, 0.29) is 31.0 Å². The predicted octanol–water partition coefficient (Wildman–Crippen LogP) is 3.14. The lowest BCUT2D eigenvalue weighted by Gasteiger charge is -2.32. The third kappa shape index (κ3) is 3.47. The van der Waals surface area contributed by atoms with Crippen molar-refractivity contribution in [3.05, 3.63) is 30.2 Å². The highest BCUT2D eigenvalue weighted by Gasteiger charge is 2.46. The molecule has 2 aromatic heterocycles. The molecular formula is C18H23F3N6O. The predicted molar refractivity (Wildman–Crippen MR) is 95.6 cm³/mol. The van der Waals surface area contributed by atoms with Gasteiger partial charge in [0.1, 0.15) is 12.4 Å². The van der Waals surface area contributed by atoms with Crippen molar-refractivity contribution in [1.29, 1.82) is 0 Å². The number of nitrogens with zero attached hydrogens (tertiary/aromatic N) is 5. The first-order valence-corrected chi connectivity index (χ1v) is 9.56. The maximum Gasteiger partial charge on any atom is 0.410 e. The molecule has 0 unspecified atom stereocenters. The van der Waals surface area contributed by atoms with Gasteiger partial charge in [-0.05, 0) is 31.7 Å². The van der Waals surface area contributed by atoms with Gasteiger partial charge in [-0.25, -0.2) is 4.68 Å². The van der Waals surface area contributed by atoms with Gasteiger partial charge >= 0.3 is 6.18 Å². The number of hydrogen-bond acceptors (Lipinski definition) is 4. The van der Waals surface area contributed by atoms with Crippen LogP contribution in [0.15, 0.2) is 24.5 Å². The molecule has 1 amide bonds. The summed E-state index contributed by atoms with van der Waals surface area (Å²) in [5, 5.41) is 11.5. The number of aromatic nitrogens is 4. The van der Waals surface area contributed by atoms with Crippen LogP contribution in [0.25, 0.3) is 0 Å². The summed E-state index contributed by atoms with van der Waals surface area (Å²) in [4.78, 5) is 14.4. The van der Waals surface area contributed by atoms with Gasteiger partial charge < -0.3 is 10.2 Å². The highest BCUT2D eigenvalue weighted by molar-refractivity contribution is 5.76. The van der Waals surface area contributed by atoms with E-state index in [0.29, 0.717) is 30.9 Å². The fourth-order valence-corrected chi connectivity index (χ4v) is 4.10. The molecule has 0 spiro atoms. The molecule has 0 bridgehead atoms. The molecule has 0 saturated carbocycles. The number of amides is 1. The summed E-state index contributed by atoms with van der Waals surface area (Å²) in [5.41, 5.74) is 0.514. The van der Waals surface area contributed by atoms with E-state index in [1.165, 1.54) is 0 Å². The Morgan fingerprint density at radius 3 is 2.89 bits per heavy atom. The van der Waals surface area contributed by atoms with Crippen molar-refractivity contribution < 1.29 is 18.0 Å². The summed E-state index contributed by atoms with van der Waals surface area (Å²) in [6.45, 7) is 2.55. The number of halogens is 3. The zero-order chi connectivity index (χ0) is 19.9. The Balaban J connectivity index is 1.59. The molecule has 0 aliphatic carbocycles. The topological polar surface area (TPSA) is 68.0 Å². The van der Waals surface area contributed by atoms with Crippen LogP contribution in [0.5, 0.6) is 0 Å². The van der Waals surface area contributed by atoms with Crippen LogP contribution in [0.1, 0.15) is 50.4 Å². The maximum atomic E-state index is 13.6. The number of rotatable bonds is 4. The number of nitrogens with one attached hydrogen (secondary N) is 1. The molecule has 2 aliphatic heterocycles. The largest absolute Gasteiger partial charge is 0.410 e. The smallest absolute Gasteiger partial charge is 0.367 e. The number of alkyl halides is 3. The summed E-state index contributed by atoms with van der Waals surface area (Å²) < 4.78 is 43.3. The number of fused-ring (bicyclic) bond motifs is 1. The van der Waals surface area contributed by atoms with Gasteiger partial charge in [0.05, 0.1) is 11.7 Å². The van der Waals surface area contributed by atoms with Crippen LogP contribution >= 0.6 is 0 Å². The zero-order valence-electron chi connectivity index (χ0n) is 15.6. The summed E-state index contributed by atoms with van der Waals surface area (Å²) in [7, 11) is 0. The second-order valence-electron chi connectivity index (χ2n) is 7.39. The zero-order valence-corrected chi connectivity index (χ0v) is 15.6. The summed E-state index contributed by atoms with van der Waals surface area (Å²) in [6, 6.07) is 1.22. The van der Waals surface area contributed by atoms with Crippen molar-refractivity contribution in [3.8, 4) is 0 Å². The van der Waals surface area contributed by atoms with E-state index in [1.807, 2.05) is 6.92 Å². The fourth-order valence-electron chi connectivity index (χ4n) is 4.10. The van der Waals surface area contributed by atoms with Gasteiger partial charge in [0.2, 0.25) is 5.91 Å². The highest BCUT2D eigenvalue weighted by Crippen LogP contribution is 2.42. The lowest BCUT2D eigenvalue weighted by atomic mass is 10.0. The molecule has 28 heavy (non-hydrogen) atoms. The molecule has 1 fully saturated rings. The molecule has 0 radical (unpaired) electrons. The first-order valence-electron chi connectivity index (χ1n) is 9.56. The highest BCUT2D eigenvalue weighted by atomic mass is 19.4. The lowest BCUT2D eigenvalue weighted by molar-refractivity contribution is -0.173. The third-order valence-electron chi connectivity index (χ3n) is 5.55. The molecule has 2 aliphatic rings. The monoisotopic (exact) mass is 396 g/mol. The average Bonchev–Trinajstić information content (AvgIpc) is 3.38. The molecule has 2 aromatic rings. The number of carbonyl (C=O) groups excluding carboxylic acids is 1. The van der Waals surface area contributed by atoms with Gasteiger partial charge in [0, 0.05) is 31.0 Å². The van der Waals surface area contributed by atoms with Gasteiger partial charge in [0.15, 0.2) is 6.04 Å². The quantitative estimate of drug-likeness (QED) is 0.862. The van der Waals surface area contributed by atoms with Crippen LogP contribution in [0.3, 0.4) is 0 Å². The van der Waals surface area contributed by atoms with Gasteiger partial charge in [-0.15, -0.1) is 0 Å². The van der Waals surface area contributed by atoms with Crippen LogP contribution in [0.4, 0.5) is 19.0 Å². The van der Waals surface area contributed by atoms with Gasteiger partial charge in [-0.2, -0.15) is 23.4 Å². The Hall–Kier alpha value is -2.52. The minimum atomic E-state index is -4.36. The first-order chi connectivity index (χ1) is 13.4. The molecule has 10 heteroatoms. The van der Waals surface area contributed by atoms with Crippen LogP contribution in [0, 0.1) is 0 Å². The second-order valence-corrected chi connectivity index (χ2v) is 7.39. The number of likely N-dealkylation sites (tertiary alicyclic amines) is 1. The summed E-state index contributed by atoms with van der Waals surface area (Å²) in [6.07, 6.45) is 0.998. The van der Waals surface area contributed by atoms with E-state index >= 15 is 0 Å². The Kier molecular flexibility index (Phi) is 4.80. The van der Waals surface area contributed by atoms with E-state index in [1.54, 1.807) is 34.1 Å². The Bertz CT molecular complexity index is 831. The molecule has 4 heterocycles. The minimum absolute atomic E-state index is 0.0409. The Morgan fingerprint density at radius 1 is 1.39 bits per heavy atom. The van der Waals surface area contributed by atoms with E-state index < -0.39 is 12.2 Å².